The SMILES string of the molecule is CCCCCCCCOC1CCC(CCC(=O)OC[C@H](O)[C@H]2OC(=O)C(OCc3ccccc3)=C2OCc2ccccc2)CC1. The molecule has 4 rings (SSSR count). The van der Waals surface area contributed by atoms with Gasteiger partial charge in [0.15, 0.2) is 11.9 Å². The first-order valence-electron chi connectivity index (χ1n) is 16.8. The minimum atomic E-state index is -1.30. The van der Waals surface area contributed by atoms with Gasteiger partial charge in [0.25, 0.3) is 0 Å². The third-order valence-electron chi connectivity index (χ3n) is 8.53. The molecule has 246 valence electrons. The Kier molecular flexibility index (Phi) is 14.7. The Hall–Kier alpha value is -3.36. The first-order valence-corrected chi connectivity index (χ1v) is 16.8. The number of hydrogen-bond donors (Lipinski definition) is 1. The van der Waals surface area contributed by atoms with Crippen molar-refractivity contribution in [1.29, 1.82) is 0 Å². The molecule has 2 aromatic carbocycles. The van der Waals surface area contributed by atoms with Gasteiger partial charge in [0, 0.05) is 13.0 Å². The summed E-state index contributed by atoms with van der Waals surface area (Å²) >= 11 is 0. The molecule has 0 bridgehead atoms. The molecule has 0 unspecified atom stereocenters. The van der Waals surface area contributed by atoms with Gasteiger partial charge in [-0.1, -0.05) is 99.7 Å². The maximum Gasteiger partial charge on any atom is 0.378 e. The molecule has 0 aromatic heterocycles. The fourth-order valence-corrected chi connectivity index (χ4v) is 5.83. The predicted molar refractivity (Wildman–Crippen MR) is 171 cm³/mol. The lowest BCUT2D eigenvalue weighted by Gasteiger charge is -2.28. The fourth-order valence-electron chi connectivity index (χ4n) is 5.83. The van der Waals surface area contributed by atoms with Gasteiger partial charge in [-0.05, 0) is 55.6 Å². The Morgan fingerprint density at radius 1 is 0.867 bits per heavy atom. The van der Waals surface area contributed by atoms with Crippen molar-refractivity contribution in [3.63, 3.8) is 0 Å². The van der Waals surface area contributed by atoms with Crippen molar-refractivity contribution < 1.29 is 38.4 Å². The molecule has 0 amide bonds. The lowest BCUT2D eigenvalue weighted by molar-refractivity contribution is -0.155. The van der Waals surface area contributed by atoms with E-state index in [1.165, 1.54) is 32.1 Å². The molecule has 0 radical (unpaired) electrons. The van der Waals surface area contributed by atoms with Gasteiger partial charge < -0.3 is 28.8 Å². The van der Waals surface area contributed by atoms with Crippen LogP contribution in [0.15, 0.2) is 72.2 Å². The van der Waals surface area contributed by atoms with E-state index < -0.39 is 18.2 Å². The van der Waals surface area contributed by atoms with E-state index in [-0.39, 0.29) is 43.7 Å². The molecule has 45 heavy (non-hydrogen) atoms. The van der Waals surface area contributed by atoms with Crippen LogP contribution in [-0.2, 0) is 46.5 Å². The van der Waals surface area contributed by atoms with Crippen LogP contribution in [-0.4, -0.2) is 48.6 Å². The number of aliphatic hydroxyl groups excluding tert-OH is 1. The van der Waals surface area contributed by atoms with E-state index in [2.05, 4.69) is 6.92 Å². The third-order valence-corrected chi connectivity index (χ3v) is 8.53. The summed E-state index contributed by atoms with van der Waals surface area (Å²) < 4.78 is 28.8. The Morgan fingerprint density at radius 3 is 2.16 bits per heavy atom. The first kappa shape index (κ1) is 34.5. The van der Waals surface area contributed by atoms with Crippen LogP contribution in [0.1, 0.15) is 95.1 Å². The zero-order valence-electron chi connectivity index (χ0n) is 26.7. The highest BCUT2D eigenvalue weighted by Gasteiger charge is 2.42. The second-order valence-electron chi connectivity index (χ2n) is 12.1. The number of hydrogen-bond acceptors (Lipinski definition) is 8. The van der Waals surface area contributed by atoms with Crippen molar-refractivity contribution in [3.05, 3.63) is 83.3 Å². The van der Waals surface area contributed by atoms with Crippen LogP contribution in [0.3, 0.4) is 0 Å². The number of carbonyl (C=O) groups is 2. The Bertz CT molecular complexity index is 1170. The van der Waals surface area contributed by atoms with Gasteiger partial charge in [-0.2, -0.15) is 0 Å². The normalized spacial score (nSPS) is 20.5. The molecule has 2 aromatic rings. The average Bonchev–Trinajstić information content (AvgIpc) is 3.39. The molecule has 0 saturated heterocycles. The van der Waals surface area contributed by atoms with E-state index in [1.54, 1.807) is 0 Å². The average molecular weight is 623 g/mol. The van der Waals surface area contributed by atoms with Crippen LogP contribution in [0.25, 0.3) is 0 Å². The number of ether oxygens (including phenoxy) is 5. The second-order valence-corrected chi connectivity index (χ2v) is 12.1. The molecule has 1 aliphatic heterocycles. The van der Waals surface area contributed by atoms with Crippen LogP contribution < -0.4 is 0 Å². The molecule has 1 N–H and O–H groups in total. The van der Waals surface area contributed by atoms with Crippen molar-refractivity contribution >= 4 is 11.9 Å². The van der Waals surface area contributed by atoms with Crippen molar-refractivity contribution in [2.45, 2.75) is 115 Å². The van der Waals surface area contributed by atoms with Crippen LogP contribution >= 0.6 is 0 Å². The number of esters is 2. The number of rotatable bonds is 20. The molecule has 1 aliphatic carbocycles. The maximum absolute atomic E-state index is 12.8. The summed E-state index contributed by atoms with van der Waals surface area (Å²) in [6.07, 6.45) is 10.7. The van der Waals surface area contributed by atoms with Gasteiger partial charge in [0.05, 0.1) is 6.10 Å². The molecule has 8 nitrogen and oxygen atoms in total. The summed E-state index contributed by atoms with van der Waals surface area (Å²) in [5, 5.41) is 10.9. The lowest BCUT2D eigenvalue weighted by atomic mass is 9.84. The summed E-state index contributed by atoms with van der Waals surface area (Å²) in [5.41, 5.74) is 1.75. The van der Waals surface area contributed by atoms with E-state index in [1.807, 2.05) is 60.7 Å². The molecule has 0 spiro atoms. The van der Waals surface area contributed by atoms with Crippen molar-refractivity contribution in [2.24, 2.45) is 5.92 Å². The number of carbonyl (C=O) groups excluding carboxylic acids is 2. The first-order chi connectivity index (χ1) is 22.0. The minimum Gasteiger partial charge on any atom is -0.485 e. The molecule has 1 fully saturated rings. The van der Waals surface area contributed by atoms with Crippen LogP contribution in [0.2, 0.25) is 0 Å². The molecular weight excluding hydrogens is 572 g/mol. The van der Waals surface area contributed by atoms with E-state index in [0.717, 1.165) is 56.3 Å². The Morgan fingerprint density at radius 2 is 1.49 bits per heavy atom. The van der Waals surface area contributed by atoms with E-state index in [4.69, 9.17) is 23.7 Å². The zero-order valence-corrected chi connectivity index (χ0v) is 26.7. The van der Waals surface area contributed by atoms with Crippen molar-refractivity contribution in [3.8, 4) is 0 Å². The number of benzene rings is 2. The topological polar surface area (TPSA) is 101 Å². The Labute approximate surface area is 268 Å². The van der Waals surface area contributed by atoms with E-state index in [9.17, 15) is 14.7 Å². The monoisotopic (exact) mass is 622 g/mol. The van der Waals surface area contributed by atoms with Crippen molar-refractivity contribution in [2.75, 3.05) is 13.2 Å². The molecule has 2 aliphatic rings. The van der Waals surface area contributed by atoms with Gasteiger partial charge in [-0.15, -0.1) is 0 Å². The van der Waals surface area contributed by atoms with Gasteiger partial charge in [-0.3, -0.25) is 4.79 Å². The highest BCUT2D eigenvalue weighted by atomic mass is 16.6. The summed E-state index contributed by atoms with van der Waals surface area (Å²) in [7, 11) is 0. The number of unbranched alkanes of at least 4 members (excludes halogenated alkanes) is 5. The van der Waals surface area contributed by atoms with E-state index >= 15 is 0 Å². The smallest absolute Gasteiger partial charge is 0.378 e. The summed E-state index contributed by atoms with van der Waals surface area (Å²) in [4.78, 5) is 25.4. The molecule has 1 saturated carbocycles. The largest absolute Gasteiger partial charge is 0.485 e. The Balaban J connectivity index is 1.20. The molecule has 8 heteroatoms. The lowest BCUT2D eigenvalue weighted by Crippen LogP contribution is -2.34. The number of cyclic esters (lactones) is 1. The predicted octanol–water partition coefficient (Wildman–Crippen LogP) is 7.18. The van der Waals surface area contributed by atoms with Gasteiger partial charge in [0.2, 0.25) is 5.76 Å². The van der Waals surface area contributed by atoms with Gasteiger partial charge in [0.1, 0.15) is 25.9 Å². The van der Waals surface area contributed by atoms with Crippen LogP contribution in [0.5, 0.6) is 0 Å². The summed E-state index contributed by atoms with van der Waals surface area (Å²) in [6.45, 7) is 3.05. The highest BCUT2D eigenvalue weighted by molar-refractivity contribution is 5.89. The van der Waals surface area contributed by atoms with E-state index in [0.29, 0.717) is 12.0 Å². The second kappa shape index (κ2) is 19.2. The summed E-state index contributed by atoms with van der Waals surface area (Å²) in [5.74, 6) is -0.625. The fraction of sp³-hybridized carbons (Fsp3) is 0.568. The minimum absolute atomic E-state index is 0.0864. The molecule has 1 heterocycles. The molecular formula is C37H50O8. The third kappa shape index (κ3) is 11.8. The maximum atomic E-state index is 12.8. The number of aliphatic hydroxyl groups is 1. The summed E-state index contributed by atoms with van der Waals surface area (Å²) in [6, 6.07) is 18.9. The molecule has 2 atom stereocenters. The van der Waals surface area contributed by atoms with Crippen LogP contribution in [0, 0.1) is 5.92 Å². The zero-order chi connectivity index (χ0) is 31.7. The van der Waals surface area contributed by atoms with Gasteiger partial charge in [-0.25, -0.2) is 4.79 Å². The van der Waals surface area contributed by atoms with Crippen LogP contribution in [0.4, 0.5) is 0 Å². The standard InChI is InChI=1S/C37H50O8/c1-2-3-4-5-6-13-24-41-31-21-18-28(19-22-31)20-23-33(39)42-27-32(38)34-35(43-25-29-14-9-7-10-15-29)36(37(40)45-34)44-26-30-16-11-8-12-17-30/h7-12,14-17,28,31-32,34,38H,2-6,13,18-27H2,1H3/t28?,31?,32-,34+/m0/s1. The quantitative estimate of drug-likeness (QED) is 0.122. The van der Waals surface area contributed by atoms with Gasteiger partial charge >= 0.3 is 11.9 Å². The highest BCUT2D eigenvalue weighted by Crippen LogP contribution is 2.31. The van der Waals surface area contributed by atoms with Crippen molar-refractivity contribution in [1.82, 2.24) is 0 Å².